The Morgan fingerprint density at radius 2 is 2.06 bits per heavy atom. The average Bonchev–Trinajstić information content (AvgIpc) is 2.27. The van der Waals surface area contributed by atoms with Crippen molar-refractivity contribution in [3.05, 3.63) is 28.7 Å². The van der Waals surface area contributed by atoms with Crippen molar-refractivity contribution in [2.24, 2.45) is 5.18 Å². The molecule has 1 rings (SSSR count). The van der Waals surface area contributed by atoms with Gasteiger partial charge in [-0.15, -0.1) is 4.91 Å². The lowest BCUT2D eigenvalue weighted by Gasteiger charge is -2.19. The van der Waals surface area contributed by atoms with Crippen molar-refractivity contribution in [3.8, 4) is 0 Å². The van der Waals surface area contributed by atoms with Gasteiger partial charge in [0, 0.05) is 25.8 Å². The van der Waals surface area contributed by atoms with Crippen LogP contribution in [-0.2, 0) is 10.0 Å². The smallest absolute Gasteiger partial charge is 0.208 e. The number of sulfonamides is 1. The number of likely N-dealkylation sites (N-methyl/N-ethyl adjacent to an activating group) is 1. The first-order valence-corrected chi connectivity index (χ1v) is 7.32. The lowest BCUT2D eigenvalue weighted by atomic mass is 10.2. The van der Waals surface area contributed by atoms with Crippen LogP contribution in [0.4, 0.5) is 11.4 Å². The van der Waals surface area contributed by atoms with Crippen molar-refractivity contribution in [2.45, 2.75) is 6.92 Å². The number of rotatable bonds is 6. The molecule has 0 bridgehead atoms. The zero-order valence-electron chi connectivity index (χ0n) is 10.7. The van der Waals surface area contributed by atoms with Gasteiger partial charge in [0.25, 0.3) is 0 Å². The highest BCUT2D eigenvalue weighted by atomic mass is 32.2. The van der Waals surface area contributed by atoms with Crippen LogP contribution in [0.5, 0.6) is 0 Å². The third-order valence-corrected chi connectivity index (χ3v) is 3.26. The highest BCUT2D eigenvalue weighted by Gasteiger charge is 2.06. The van der Waals surface area contributed by atoms with Crippen LogP contribution < -0.4 is 9.62 Å². The van der Waals surface area contributed by atoms with E-state index in [1.54, 1.807) is 12.1 Å². The minimum Gasteiger partial charge on any atom is -0.373 e. The van der Waals surface area contributed by atoms with E-state index in [1.807, 2.05) is 24.9 Å². The summed E-state index contributed by atoms with van der Waals surface area (Å²) in [6.45, 7) is 2.69. The molecule has 100 valence electrons. The van der Waals surface area contributed by atoms with Gasteiger partial charge in [-0.3, -0.25) is 0 Å². The van der Waals surface area contributed by atoms with Crippen molar-refractivity contribution in [3.63, 3.8) is 0 Å². The third-order valence-electron chi connectivity index (χ3n) is 2.53. The molecule has 0 heterocycles. The molecule has 0 fully saturated rings. The highest BCUT2D eigenvalue weighted by Crippen LogP contribution is 2.23. The standard InChI is InChI=1S/C11H17N3O3S/c1-9-8-10(4-5-11(9)13-15)14(2)7-6-12-18(3,16)17/h4-5,8,12H,6-7H2,1-3H3. The summed E-state index contributed by atoms with van der Waals surface area (Å²) in [5, 5.41) is 2.90. The largest absolute Gasteiger partial charge is 0.373 e. The lowest BCUT2D eigenvalue weighted by Crippen LogP contribution is -2.32. The summed E-state index contributed by atoms with van der Waals surface area (Å²) in [6.07, 6.45) is 1.13. The molecule has 0 aliphatic heterocycles. The van der Waals surface area contributed by atoms with Crippen LogP contribution >= 0.6 is 0 Å². The molecule has 0 unspecified atom stereocenters. The minimum atomic E-state index is -3.15. The number of nitrogens with one attached hydrogen (secondary N) is 1. The first kappa shape index (κ1) is 14.6. The quantitative estimate of drug-likeness (QED) is 0.793. The van der Waals surface area contributed by atoms with Crippen LogP contribution in [0, 0.1) is 11.8 Å². The van der Waals surface area contributed by atoms with Gasteiger partial charge in [0.15, 0.2) is 0 Å². The first-order valence-electron chi connectivity index (χ1n) is 5.43. The van der Waals surface area contributed by atoms with E-state index in [0.29, 0.717) is 18.8 Å². The van der Waals surface area contributed by atoms with Crippen molar-refractivity contribution >= 4 is 21.4 Å². The fraction of sp³-hybridized carbons (Fsp3) is 0.455. The number of hydrogen-bond donors (Lipinski definition) is 1. The molecule has 0 amide bonds. The minimum absolute atomic E-state index is 0.335. The first-order chi connectivity index (χ1) is 8.33. The number of benzene rings is 1. The van der Waals surface area contributed by atoms with Crippen molar-refractivity contribution in [2.75, 3.05) is 31.3 Å². The molecule has 0 saturated heterocycles. The van der Waals surface area contributed by atoms with E-state index in [0.717, 1.165) is 17.5 Å². The predicted octanol–water partition coefficient (Wildman–Crippen LogP) is 1.38. The molecule has 0 aliphatic carbocycles. The second-order valence-corrected chi connectivity index (χ2v) is 5.98. The van der Waals surface area contributed by atoms with E-state index in [2.05, 4.69) is 9.90 Å². The molecule has 7 heteroatoms. The average molecular weight is 271 g/mol. The summed E-state index contributed by atoms with van der Waals surface area (Å²) in [5.74, 6) is 0. The van der Waals surface area contributed by atoms with Crippen LogP contribution in [0.2, 0.25) is 0 Å². The van der Waals surface area contributed by atoms with Crippen LogP contribution in [0.1, 0.15) is 5.56 Å². The maximum Gasteiger partial charge on any atom is 0.208 e. The maximum absolute atomic E-state index is 10.9. The van der Waals surface area contributed by atoms with Gasteiger partial charge in [0.1, 0.15) is 5.69 Å². The van der Waals surface area contributed by atoms with Gasteiger partial charge in [0.2, 0.25) is 10.0 Å². The fourth-order valence-electron chi connectivity index (χ4n) is 1.51. The van der Waals surface area contributed by atoms with Gasteiger partial charge in [-0.1, -0.05) is 0 Å². The number of nitrogens with zero attached hydrogens (tertiary/aromatic N) is 2. The fourth-order valence-corrected chi connectivity index (χ4v) is 1.97. The molecule has 1 aromatic rings. The van der Waals surface area contributed by atoms with Crippen molar-refractivity contribution in [1.82, 2.24) is 4.72 Å². The van der Waals surface area contributed by atoms with E-state index >= 15 is 0 Å². The Morgan fingerprint density at radius 1 is 1.39 bits per heavy atom. The summed E-state index contributed by atoms with van der Waals surface area (Å²) in [6, 6.07) is 5.28. The number of anilines is 1. The third kappa shape index (κ3) is 4.42. The normalized spacial score (nSPS) is 11.3. The topological polar surface area (TPSA) is 78.8 Å². The second kappa shape index (κ2) is 5.92. The summed E-state index contributed by atoms with van der Waals surface area (Å²) in [5.41, 5.74) is 2.13. The van der Waals surface area contributed by atoms with Gasteiger partial charge in [-0.05, 0) is 35.9 Å². The van der Waals surface area contributed by atoms with E-state index in [4.69, 9.17) is 0 Å². The van der Waals surface area contributed by atoms with Gasteiger partial charge in [0.05, 0.1) is 6.26 Å². The summed E-state index contributed by atoms with van der Waals surface area (Å²) < 4.78 is 24.2. The SMILES string of the molecule is Cc1cc(N(C)CCNS(C)(=O)=O)ccc1N=O. The Kier molecular flexibility index (Phi) is 4.80. The van der Waals surface area contributed by atoms with Crippen LogP contribution in [0.15, 0.2) is 23.4 Å². The van der Waals surface area contributed by atoms with E-state index in [9.17, 15) is 13.3 Å². The van der Waals surface area contributed by atoms with Crippen LogP contribution in [0.25, 0.3) is 0 Å². The molecule has 0 saturated carbocycles. The zero-order valence-corrected chi connectivity index (χ0v) is 11.5. The molecular weight excluding hydrogens is 254 g/mol. The van der Waals surface area contributed by atoms with Gasteiger partial charge in [-0.25, -0.2) is 13.1 Å². The molecule has 0 spiro atoms. The number of aryl methyl sites for hydroxylation is 1. The molecular formula is C11H17N3O3S. The molecule has 1 aromatic carbocycles. The summed E-state index contributed by atoms with van der Waals surface area (Å²) in [7, 11) is -1.30. The van der Waals surface area contributed by atoms with Crippen molar-refractivity contribution < 1.29 is 8.42 Å². The number of hydrogen-bond acceptors (Lipinski definition) is 5. The van der Waals surface area contributed by atoms with Crippen molar-refractivity contribution in [1.29, 1.82) is 0 Å². The highest BCUT2D eigenvalue weighted by molar-refractivity contribution is 7.88. The Bertz CT molecular complexity index is 528. The predicted molar refractivity (Wildman–Crippen MR) is 72.8 cm³/mol. The Labute approximate surface area is 107 Å². The Hall–Kier alpha value is -1.47. The molecule has 0 aliphatic rings. The van der Waals surface area contributed by atoms with Crippen LogP contribution in [-0.4, -0.2) is 34.8 Å². The molecule has 1 N–H and O–H groups in total. The molecule has 0 atom stereocenters. The Morgan fingerprint density at radius 3 is 2.56 bits per heavy atom. The molecule has 0 aromatic heterocycles. The summed E-state index contributed by atoms with van der Waals surface area (Å²) in [4.78, 5) is 12.4. The number of nitroso groups, excluding NO2 is 1. The Balaban J connectivity index is 2.64. The summed E-state index contributed by atoms with van der Waals surface area (Å²) >= 11 is 0. The van der Waals surface area contributed by atoms with Crippen LogP contribution in [0.3, 0.4) is 0 Å². The molecule has 6 nitrogen and oxygen atoms in total. The lowest BCUT2D eigenvalue weighted by molar-refractivity contribution is 0.588. The molecule has 18 heavy (non-hydrogen) atoms. The van der Waals surface area contributed by atoms with Gasteiger partial charge >= 0.3 is 0 Å². The van der Waals surface area contributed by atoms with E-state index in [1.165, 1.54) is 0 Å². The monoisotopic (exact) mass is 271 g/mol. The molecule has 0 radical (unpaired) electrons. The van der Waals surface area contributed by atoms with Gasteiger partial charge in [-0.2, -0.15) is 0 Å². The zero-order chi connectivity index (χ0) is 13.8. The van der Waals surface area contributed by atoms with Gasteiger partial charge < -0.3 is 4.90 Å². The van der Waals surface area contributed by atoms with E-state index < -0.39 is 10.0 Å². The second-order valence-electron chi connectivity index (χ2n) is 4.15. The maximum atomic E-state index is 10.9. The van der Waals surface area contributed by atoms with E-state index in [-0.39, 0.29) is 0 Å².